The monoisotopic (exact) mass is 266 g/mol. The van der Waals surface area contributed by atoms with Crippen molar-refractivity contribution in [2.75, 3.05) is 11.1 Å². The Hall–Kier alpha value is 0.610. The quantitative estimate of drug-likeness (QED) is 0.540. The van der Waals surface area contributed by atoms with Gasteiger partial charge in [0, 0.05) is 10.7 Å². The highest BCUT2D eigenvalue weighted by atomic mass is 35.7. The summed E-state index contributed by atoms with van der Waals surface area (Å²) in [5.41, 5.74) is 0. The summed E-state index contributed by atoms with van der Waals surface area (Å²) in [5, 5.41) is 0.194. The van der Waals surface area contributed by atoms with Gasteiger partial charge >= 0.3 is 6.18 Å². The third kappa shape index (κ3) is 22.4. The maximum atomic E-state index is 11.1. The molecular formula is C3H4Cl3F3O2S. The van der Waals surface area contributed by atoms with E-state index >= 15 is 0 Å². The summed E-state index contributed by atoms with van der Waals surface area (Å²) in [6.45, 7) is 0. The topological polar surface area (TPSA) is 34.1 Å². The Morgan fingerprint density at radius 1 is 1.17 bits per heavy atom. The molecule has 0 fully saturated rings. The summed E-state index contributed by atoms with van der Waals surface area (Å²) >= 11 is 9.53. The average molecular weight is 267 g/mol. The zero-order valence-electron chi connectivity index (χ0n) is 5.41. The number of hydrogen-bond acceptors (Lipinski definition) is 2. The van der Waals surface area contributed by atoms with Crippen LogP contribution in [0, 0.1) is 0 Å². The van der Waals surface area contributed by atoms with Crippen LogP contribution < -0.4 is 0 Å². The molecule has 0 amide bonds. The van der Waals surface area contributed by atoms with Gasteiger partial charge in [-0.3, -0.25) is 0 Å². The van der Waals surface area contributed by atoms with Crippen LogP contribution in [-0.4, -0.2) is 25.7 Å². The fourth-order valence-corrected chi connectivity index (χ4v) is 0.958. The third-order valence-corrected chi connectivity index (χ3v) is 1.34. The van der Waals surface area contributed by atoms with E-state index < -0.39 is 21.0 Å². The zero-order valence-corrected chi connectivity index (χ0v) is 8.49. The molecule has 0 aliphatic carbocycles. The second-order valence-electron chi connectivity index (χ2n) is 1.40. The summed E-state index contributed by atoms with van der Waals surface area (Å²) in [7, 11) is -0.165. The van der Waals surface area contributed by atoms with Crippen LogP contribution in [0.2, 0.25) is 0 Å². The van der Waals surface area contributed by atoms with Crippen molar-refractivity contribution in [1.29, 1.82) is 0 Å². The average Bonchev–Trinajstić information content (AvgIpc) is 1.53. The van der Waals surface area contributed by atoms with Crippen LogP contribution in [0.25, 0.3) is 0 Å². The minimum Gasteiger partial charge on any atom is -0.212 e. The van der Waals surface area contributed by atoms with E-state index in [2.05, 4.69) is 10.7 Å². The van der Waals surface area contributed by atoms with Crippen LogP contribution in [0.4, 0.5) is 13.2 Å². The Morgan fingerprint density at radius 2 is 1.42 bits per heavy atom. The standard InChI is InChI=1S/C2H2ClF3O2S.CH2Cl2/c3-9(7,8)1-2(4,5)6;2-1-3/h1H2;1H2. The smallest absolute Gasteiger partial charge is 0.212 e. The Balaban J connectivity index is 0. The van der Waals surface area contributed by atoms with Crippen molar-refractivity contribution in [2.45, 2.75) is 6.18 Å². The molecule has 0 aliphatic rings. The summed E-state index contributed by atoms with van der Waals surface area (Å²) in [6, 6.07) is 0. The van der Waals surface area contributed by atoms with Crippen molar-refractivity contribution in [1.82, 2.24) is 0 Å². The highest BCUT2D eigenvalue weighted by Crippen LogP contribution is 2.18. The molecule has 0 aromatic heterocycles. The molecule has 0 aliphatic heterocycles. The first kappa shape index (κ1) is 15.1. The van der Waals surface area contributed by atoms with Crippen molar-refractivity contribution in [3.63, 3.8) is 0 Å². The molecule has 0 aromatic rings. The lowest BCUT2D eigenvalue weighted by atomic mass is 10.8. The molecule has 12 heavy (non-hydrogen) atoms. The van der Waals surface area contributed by atoms with E-state index in [4.69, 9.17) is 23.2 Å². The van der Waals surface area contributed by atoms with Gasteiger partial charge in [0.05, 0.1) is 5.34 Å². The predicted molar refractivity (Wildman–Crippen MR) is 42.3 cm³/mol. The summed E-state index contributed by atoms with van der Waals surface area (Å²) in [4.78, 5) is 0. The van der Waals surface area contributed by atoms with Crippen molar-refractivity contribution >= 4 is 42.9 Å². The number of alkyl halides is 5. The lowest BCUT2D eigenvalue weighted by molar-refractivity contribution is -0.106. The second kappa shape index (κ2) is 6.12. The van der Waals surface area contributed by atoms with Crippen LogP contribution in [0.15, 0.2) is 0 Å². The fraction of sp³-hybridized carbons (Fsp3) is 1.00. The first-order valence-electron chi connectivity index (χ1n) is 2.23. The number of hydrogen-bond donors (Lipinski definition) is 0. The Bertz CT molecular complexity index is 199. The molecular weight excluding hydrogens is 263 g/mol. The molecule has 0 saturated heterocycles. The summed E-state index contributed by atoms with van der Waals surface area (Å²) in [5.74, 6) is -1.97. The van der Waals surface area contributed by atoms with Gasteiger partial charge in [0.25, 0.3) is 0 Å². The minimum atomic E-state index is -4.74. The van der Waals surface area contributed by atoms with Crippen LogP contribution in [0.1, 0.15) is 0 Å². The minimum absolute atomic E-state index is 0.194. The maximum Gasteiger partial charge on any atom is 0.404 e. The Kier molecular flexibility index (Phi) is 7.70. The largest absolute Gasteiger partial charge is 0.404 e. The number of halogens is 6. The fourth-order valence-electron chi connectivity index (χ4n) is 0.195. The van der Waals surface area contributed by atoms with Crippen molar-refractivity contribution in [2.24, 2.45) is 0 Å². The molecule has 0 atom stereocenters. The molecule has 0 bridgehead atoms. The van der Waals surface area contributed by atoms with Gasteiger partial charge < -0.3 is 0 Å². The molecule has 0 heterocycles. The van der Waals surface area contributed by atoms with Gasteiger partial charge in [0.2, 0.25) is 9.05 Å². The van der Waals surface area contributed by atoms with Crippen molar-refractivity contribution in [3.05, 3.63) is 0 Å². The van der Waals surface area contributed by atoms with Gasteiger partial charge in [-0.25, -0.2) is 8.42 Å². The molecule has 0 radical (unpaired) electrons. The molecule has 2 nitrogen and oxygen atoms in total. The van der Waals surface area contributed by atoms with E-state index in [-0.39, 0.29) is 5.34 Å². The highest BCUT2D eigenvalue weighted by Gasteiger charge is 2.33. The Labute approximate surface area is 82.0 Å². The maximum absolute atomic E-state index is 11.1. The van der Waals surface area contributed by atoms with Gasteiger partial charge in [-0.1, -0.05) is 0 Å². The van der Waals surface area contributed by atoms with Crippen molar-refractivity contribution in [3.8, 4) is 0 Å². The molecule has 0 unspecified atom stereocenters. The molecule has 0 rings (SSSR count). The van der Waals surface area contributed by atoms with Gasteiger partial charge in [-0.2, -0.15) is 13.2 Å². The first-order valence-corrected chi connectivity index (χ1v) is 5.78. The van der Waals surface area contributed by atoms with Crippen LogP contribution in [0.5, 0.6) is 0 Å². The van der Waals surface area contributed by atoms with Gasteiger partial charge in [-0.15, -0.1) is 23.2 Å². The highest BCUT2D eigenvalue weighted by molar-refractivity contribution is 8.13. The van der Waals surface area contributed by atoms with Gasteiger partial charge in [-0.05, 0) is 0 Å². The molecule has 9 heteroatoms. The predicted octanol–water partition coefficient (Wildman–Crippen LogP) is 2.54. The lowest BCUT2D eigenvalue weighted by Crippen LogP contribution is -2.18. The molecule has 0 saturated carbocycles. The summed E-state index contributed by atoms with van der Waals surface area (Å²) in [6.07, 6.45) is -4.74. The zero-order chi connectivity index (χ0) is 10.4. The van der Waals surface area contributed by atoms with Gasteiger partial charge in [0.1, 0.15) is 0 Å². The first-order chi connectivity index (χ1) is 5.12. The lowest BCUT2D eigenvalue weighted by Gasteiger charge is -2.00. The molecule has 76 valence electrons. The molecule has 0 N–H and O–H groups in total. The van der Waals surface area contributed by atoms with Crippen LogP contribution >= 0.6 is 33.9 Å². The van der Waals surface area contributed by atoms with E-state index in [1.807, 2.05) is 0 Å². The van der Waals surface area contributed by atoms with E-state index in [0.717, 1.165) is 0 Å². The molecule has 0 aromatic carbocycles. The summed E-state index contributed by atoms with van der Waals surface area (Å²) < 4.78 is 52.6. The Morgan fingerprint density at radius 3 is 1.42 bits per heavy atom. The third-order valence-electron chi connectivity index (χ3n) is 0.336. The van der Waals surface area contributed by atoms with Crippen LogP contribution in [-0.2, 0) is 9.05 Å². The molecule has 0 spiro atoms. The van der Waals surface area contributed by atoms with Crippen LogP contribution in [0.3, 0.4) is 0 Å². The van der Waals surface area contributed by atoms with E-state index in [9.17, 15) is 21.6 Å². The normalized spacial score (nSPS) is 11.8. The number of rotatable bonds is 1. The second-order valence-corrected chi connectivity index (χ2v) is 4.98. The van der Waals surface area contributed by atoms with Crippen molar-refractivity contribution < 1.29 is 21.6 Å². The van der Waals surface area contributed by atoms with E-state index in [1.165, 1.54) is 0 Å². The van der Waals surface area contributed by atoms with E-state index in [0.29, 0.717) is 0 Å². The van der Waals surface area contributed by atoms with E-state index in [1.54, 1.807) is 0 Å². The van der Waals surface area contributed by atoms with Gasteiger partial charge in [0.15, 0.2) is 5.75 Å². The SMILES string of the molecule is ClCCl.O=S(=O)(Cl)CC(F)(F)F.